The zero-order valence-corrected chi connectivity index (χ0v) is 9.11. The SMILES string of the molecule is C=CC(=O)CCc1ccc(Cl)cc1Cl. The summed E-state index contributed by atoms with van der Waals surface area (Å²) in [5, 5.41) is 1.21. The van der Waals surface area contributed by atoms with Gasteiger partial charge in [-0.3, -0.25) is 4.79 Å². The van der Waals surface area contributed by atoms with Crippen LogP contribution in [-0.4, -0.2) is 5.78 Å². The van der Waals surface area contributed by atoms with E-state index < -0.39 is 0 Å². The van der Waals surface area contributed by atoms with Gasteiger partial charge in [0.15, 0.2) is 5.78 Å². The standard InChI is InChI=1S/C11H10Cl2O/c1-2-10(14)6-4-8-3-5-9(12)7-11(8)13/h2-3,5,7H,1,4,6H2. The molecular formula is C11H10Cl2O. The van der Waals surface area contributed by atoms with Crippen molar-refractivity contribution in [3.8, 4) is 0 Å². The molecule has 74 valence electrons. The van der Waals surface area contributed by atoms with Crippen molar-refractivity contribution in [2.75, 3.05) is 0 Å². The van der Waals surface area contributed by atoms with Crippen LogP contribution in [0.2, 0.25) is 10.0 Å². The second kappa shape index (κ2) is 5.18. The Hall–Kier alpha value is -0.790. The van der Waals surface area contributed by atoms with Gasteiger partial charge in [0.05, 0.1) is 0 Å². The normalized spacial score (nSPS) is 9.86. The van der Waals surface area contributed by atoms with Gasteiger partial charge in [0, 0.05) is 16.5 Å². The lowest BCUT2D eigenvalue weighted by atomic mass is 10.1. The summed E-state index contributed by atoms with van der Waals surface area (Å²) in [5.41, 5.74) is 0.936. The third kappa shape index (κ3) is 3.17. The number of hydrogen-bond donors (Lipinski definition) is 0. The lowest BCUT2D eigenvalue weighted by Gasteiger charge is -2.02. The number of rotatable bonds is 4. The summed E-state index contributed by atoms with van der Waals surface area (Å²) in [4.78, 5) is 11.0. The molecule has 1 rings (SSSR count). The molecule has 0 fully saturated rings. The van der Waals surface area contributed by atoms with Gasteiger partial charge in [-0.2, -0.15) is 0 Å². The van der Waals surface area contributed by atoms with E-state index in [2.05, 4.69) is 6.58 Å². The minimum atomic E-state index is 0.0241. The lowest BCUT2D eigenvalue weighted by molar-refractivity contribution is -0.114. The van der Waals surface area contributed by atoms with Gasteiger partial charge in [-0.25, -0.2) is 0 Å². The summed E-state index contributed by atoms with van der Waals surface area (Å²) in [5.74, 6) is 0.0241. The summed E-state index contributed by atoms with van der Waals surface area (Å²) < 4.78 is 0. The van der Waals surface area contributed by atoms with Crippen molar-refractivity contribution in [1.29, 1.82) is 0 Å². The Labute approximate surface area is 93.3 Å². The van der Waals surface area contributed by atoms with Crippen molar-refractivity contribution < 1.29 is 4.79 Å². The van der Waals surface area contributed by atoms with Crippen molar-refractivity contribution in [2.24, 2.45) is 0 Å². The number of carbonyl (C=O) groups excluding carboxylic acids is 1. The van der Waals surface area contributed by atoms with E-state index in [0.29, 0.717) is 22.9 Å². The summed E-state index contributed by atoms with van der Waals surface area (Å²) in [7, 11) is 0. The van der Waals surface area contributed by atoms with E-state index in [9.17, 15) is 4.79 Å². The van der Waals surface area contributed by atoms with Crippen LogP contribution < -0.4 is 0 Å². The number of allylic oxidation sites excluding steroid dienone is 1. The van der Waals surface area contributed by atoms with Crippen LogP contribution in [0.1, 0.15) is 12.0 Å². The van der Waals surface area contributed by atoms with E-state index in [-0.39, 0.29) is 5.78 Å². The molecule has 1 aromatic carbocycles. The van der Waals surface area contributed by atoms with E-state index >= 15 is 0 Å². The van der Waals surface area contributed by atoms with Crippen LogP contribution in [-0.2, 0) is 11.2 Å². The number of halogens is 2. The molecule has 0 spiro atoms. The first-order valence-electron chi connectivity index (χ1n) is 4.22. The molecule has 0 aromatic heterocycles. The monoisotopic (exact) mass is 228 g/mol. The van der Waals surface area contributed by atoms with E-state index in [1.807, 2.05) is 6.07 Å². The highest BCUT2D eigenvalue weighted by atomic mass is 35.5. The van der Waals surface area contributed by atoms with Gasteiger partial charge in [-0.1, -0.05) is 35.8 Å². The highest BCUT2D eigenvalue weighted by Crippen LogP contribution is 2.22. The summed E-state index contributed by atoms with van der Waals surface area (Å²) in [6.45, 7) is 3.41. The van der Waals surface area contributed by atoms with Crippen molar-refractivity contribution in [2.45, 2.75) is 12.8 Å². The Balaban J connectivity index is 2.68. The topological polar surface area (TPSA) is 17.1 Å². The molecule has 0 aliphatic heterocycles. The fourth-order valence-electron chi connectivity index (χ4n) is 1.08. The van der Waals surface area contributed by atoms with Crippen molar-refractivity contribution in [3.63, 3.8) is 0 Å². The third-order valence-electron chi connectivity index (χ3n) is 1.88. The molecule has 0 saturated carbocycles. The molecule has 0 unspecified atom stereocenters. The number of aryl methyl sites for hydroxylation is 1. The molecule has 1 nitrogen and oxygen atoms in total. The first-order valence-corrected chi connectivity index (χ1v) is 4.98. The van der Waals surface area contributed by atoms with E-state index in [1.165, 1.54) is 6.08 Å². The zero-order valence-electron chi connectivity index (χ0n) is 7.59. The van der Waals surface area contributed by atoms with Crippen molar-refractivity contribution >= 4 is 29.0 Å². The molecule has 14 heavy (non-hydrogen) atoms. The van der Waals surface area contributed by atoms with E-state index in [1.54, 1.807) is 12.1 Å². The molecule has 0 aliphatic carbocycles. The predicted octanol–water partition coefficient (Wildman–Crippen LogP) is 3.68. The quantitative estimate of drug-likeness (QED) is 0.719. The molecule has 1 aromatic rings. The van der Waals surface area contributed by atoms with Gasteiger partial charge in [0.25, 0.3) is 0 Å². The fraction of sp³-hybridized carbons (Fsp3) is 0.182. The van der Waals surface area contributed by atoms with Crippen LogP contribution in [0.15, 0.2) is 30.9 Å². The van der Waals surface area contributed by atoms with Crippen molar-refractivity contribution in [1.82, 2.24) is 0 Å². The van der Waals surface area contributed by atoms with E-state index in [0.717, 1.165) is 5.56 Å². The Kier molecular flexibility index (Phi) is 4.18. The Morgan fingerprint density at radius 1 is 1.43 bits per heavy atom. The molecule has 0 radical (unpaired) electrons. The molecule has 0 saturated heterocycles. The van der Waals surface area contributed by atoms with Gasteiger partial charge in [0.1, 0.15) is 0 Å². The van der Waals surface area contributed by atoms with Gasteiger partial charge < -0.3 is 0 Å². The second-order valence-electron chi connectivity index (χ2n) is 2.91. The first kappa shape index (κ1) is 11.3. The second-order valence-corrected chi connectivity index (χ2v) is 3.75. The van der Waals surface area contributed by atoms with Crippen LogP contribution in [0, 0.1) is 0 Å². The van der Waals surface area contributed by atoms with Crippen LogP contribution >= 0.6 is 23.2 Å². The maximum atomic E-state index is 11.0. The van der Waals surface area contributed by atoms with Crippen LogP contribution in [0.4, 0.5) is 0 Å². The molecule has 0 atom stereocenters. The molecule has 0 aliphatic rings. The number of benzene rings is 1. The number of hydrogen-bond acceptors (Lipinski definition) is 1. The maximum absolute atomic E-state index is 11.0. The average Bonchev–Trinajstić information content (AvgIpc) is 2.16. The Morgan fingerprint density at radius 2 is 2.14 bits per heavy atom. The molecule has 0 heterocycles. The van der Waals surface area contributed by atoms with Gasteiger partial charge in [0.2, 0.25) is 0 Å². The summed E-state index contributed by atoms with van der Waals surface area (Å²) in [6, 6.07) is 5.28. The van der Waals surface area contributed by atoms with Gasteiger partial charge >= 0.3 is 0 Å². The van der Waals surface area contributed by atoms with Crippen LogP contribution in [0.3, 0.4) is 0 Å². The molecule has 0 bridgehead atoms. The summed E-state index contributed by atoms with van der Waals surface area (Å²) in [6.07, 6.45) is 2.38. The number of carbonyl (C=O) groups is 1. The molecule has 3 heteroatoms. The Morgan fingerprint density at radius 3 is 2.71 bits per heavy atom. The molecular weight excluding hydrogens is 219 g/mol. The van der Waals surface area contributed by atoms with Crippen molar-refractivity contribution in [3.05, 3.63) is 46.5 Å². The highest BCUT2D eigenvalue weighted by Gasteiger charge is 2.03. The maximum Gasteiger partial charge on any atom is 0.155 e. The first-order chi connectivity index (χ1) is 6.63. The minimum absolute atomic E-state index is 0.0241. The largest absolute Gasteiger partial charge is 0.295 e. The summed E-state index contributed by atoms with van der Waals surface area (Å²) >= 11 is 11.7. The third-order valence-corrected chi connectivity index (χ3v) is 2.47. The predicted molar refractivity (Wildman–Crippen MR) is 60.0 cm³/mol. The average molecular weight is 229 g/mol. The van der Waals surface area contributed by atoms with Crippen LogP contribution in [0.25, 0.3) is 0 Å². The minimum Gasteiger partial charge on any atom is -0.295 e. The lowest BCUT2D eigenvalue weighted by Crippen LogP contribution is -1.95. The van der Waals surface area contributed by atoms with Gasteiger partial charge in [-0.05, 0) is 30.2 Å². The molecule has 0 N–H and O–H groups in total. The van der Waals surface area contributed by atoms with E-state index in [4.69, 9.17) is 23.2 Å². The van der Waals surface area contributed by atoms with Crippen LogP contribution in [0.5, 0.6) is 0 Å². The van der Waals surface area contributed by atoms with Gasteiger partial charge in [-0.15, -0.1) is 0 Å². The zero-order chi connectivity index (χ0) is 10.6. The number of ketones is 1. The molecule has 0 amide bonds. The highest BCUT2D eigenvalue weighted by molar-refractivity contribution is 6.35. The fourth-order valence-corrected chi connectivity index (χ4v) is 1.59. The Bertz CT molecular complexity index is 358. The smallest absolute Gasteiger partial charge is 0.155 e.